The van der Waals surface area contributed by atoms with Crippen molar-refractivity contribution in [3.63, 3.8) is 0 Å². The summed E-state index contributed by atoms with van der Waals surface area (Å²) in [5, 5.41) is 0. The summed E-state index contributed by atoms with van der Waals surface area (Å²) in [4.78, 5) is 9.56. The summed E-state index contributed by atoms with van der Waals surface area (Å²) in [5.74, 6) is 1.49. The molecule has 0 N–H and O–H groups in total. The van der Waals surface area contributed by atoms with Gasteiger partial charge < -0.3 is 14.1 Å². The highest BCUT2D eigenvalue weighted by molar-refractivity contribution is 5.55. The van der Waals surface area contributed by atoms with Crippen molar-refractivity contribution in [2.24, 2.45) is 0 Å². The standard InChI is InChI=1S/C22H25N3O2/c1-17-5-3-4-6-21(17)25-13-11-24(12-14-25)15-19-16-27-22(23-19)18-7-9-20(26-2)10-8-18/h3-10,16H,11-15H2,1-2H3. The van der Waals surface area contributed by atoms with Gasteiger partial charge in [0.25, 0.3) is 0 Å². The third-order valence-corrected chi connectivity index (χ3v) is 5.10. The van der Waals surface area contributed by atoms with Gasteiger partial charge in [0.15, 0.2) is 0 Å². The van der Waals surface area contributed by atoms with Crippen LogP contribution < -0.4 is 9.64 Å². The number of aromatic nitrogens is 1. The van der Waals surface area contributed by atoms with Gasteiger partial charge in [0.2, 0.25) is 5.89 Å². The van der Waals surface area contributed by atoms with Crippen molar-refractivity contribution < 1.29 is 9.15 Å². The predicted octanol–water partition coefficient (Wildman–Crippen LogP) is 3.98. The van der Waals surface area contributed by atoms with E-state index in [0.717, 1.165) is 49.7 Å². The van der Waals surface area contributed by atoms with Crippen molar-refractivity contribution in [3.8, 4) is 17.2 Å². The molecule has 3 aromatic rings. The van der Waals surface area contributed by atoms with Crippen LogP contribution in [-0.4, -0.2) is 43.2 Å². The van der Waals surface area contributed by atoms with E-state index in [4.69, 9.17) is 9.15 Å². The summed E-state index contributed by atoms with van der Waals surface area (Å²) in [6.07, 6.45) is 1.77. The van der Waals surface area contributed by atoms with E-state index >= 15 is 0 Å². The number of ether oxygens (including phenoxy) is 1. The van der Waals surface area contributed by atoms with Crippen molar-refractivity contribution in [3.05, 3.63) is 66.1 Å². The largest absolute Gasteiger partial charge is 0.497 e. The number of nitrogens with zero attached hydrogens (tertiary/aromatic N) is 3. The number of piperazine rings is 1. The summed E-state index contributed by atoms with van der Waals surface area (Å²) < 4.78 is 10.9. The summed E-state index contributed by atoms with van der Waals surface area (Å²) in [7, 11) is 1.66. The Bertz CT molecular complexity index is 881. The molecule has 0 saturated carbocycles. The van der Waals surface area contributed by atoms with E-state index in [1.54, 1.807) is 13.4 Å². The molecule has 0 unspecified atom stereocenters. The van der Waals surface area contributed by atoms with Crippen molar-refractivity contribution in [1.82, 2.24) is 9.88 Å². The molecule has 27 heavy (non-hydrogen) atoms. The third-order valence-electron chi connectivity index (χ3n) is 5.10. The number of methoxy groups -OCH3 is 1. The van der Waals surface area contributed by atoms with E-state index in [0.29, 0.717) is 5.89 Å². The fourth-order valence-electron chi connectivity index (χ4n) is 3.54. The van der Waals surface area contributed by atoms with Crippen LogP contribution in [0.2, 0.25) is 0 Å². The van der Waals surface area contributed by atoms with Crippen LogP contribution in [0.25, 0.3) is 11.5 Å². The molecule has 0 bridgehead atoms. The highest BCUT2D eigenvalue weighted by atomic mass is 16.5. The maximum Gasteiger partial charge on any atom is 0.226 e. The first kappa shape index (κ1) is 17.6. The molecule has 1 fully saturated rings. The maximum absolute atomic E-state index is 5.68. The van der Waals surface area contributed by atoms with Crippen LogP contribution in [0, 0.1) is 6.92 Å². The SMILES string of the molecule is COc1ccc(-c2nc(CN3CCN(c4ccccc4C)CC3)co2)cc1. The second kappa shape index (κ2) is 7.84. The number of anilines is 1. The van der Waals surface area contributed by atoms with Crippen LogP contribution in [0.1, 0.15) is 11.3 Å². The molecule has 0 radical (unpaired) electrons. The van der Waals surface area contributed by atoms with Gasteiger partial charge in [0, 0.05) is 44.0 Å². The fraction of sp³-hybridized carbons (Fsp3) is 0.318. The summed E-state index contributed by atoms with van der Waals surface area (Å²) in [5.41, 5.74) is 4.63. The molecule has 1 aromatic heterocycles. The van der Waals surface area contributed by atoms with Gasteiger partial charge in [-0.05, 0) is 42.8 Å². The molecule has 0 atom stereocenters. The minimum atomic E-state index is 0.659. The van der Waals surface area contributed by atoms with Crippen LogP contribution in [0.15, 0.2) is 59.2 Å². The Kier molecular flexibility index (Phi) is 5.12. The Hall–Kier alpha value is -2.79. The van der Waals surface area contributed by atoms with E-state index in [-0.39, 0.29) is 0 Å². The van der Waals surface area contributed by atoms with E-state index in [2.05, 4.69) is 46.0 Å². The molecule has 4 rings (SSSR count). The first-order chi connectivity index (χ1) is 13.2. The van der Waals surface area contributed by atoms with Gasteiger partial charge in [-0.25, -0.2) is 4.98 Å². The number of aryl methyl sites for hydroxylation is 1. The lowest BCUT2D eigenvalue weighted by Crippen LogP contribution is -2.46. The second-order valence-corrected chi connectivity index (χ2v) is 6.92. The minimum absolute atomic E-state index is 0.659. The third kappa shape index (κ3) is 3.98. The highest BCUT2D eigenvalue weighted by Crippen LogP contribution is 2.24. The van der Waals surface area contributed by atoms with E-state index in [1.807, 2.05) is 24.3 Å². The Morgan fingerprint density at radius 1 is 1.00 bits per heavy atom. The van der Waals surface area contributed by atoms with Gasteiger partial charge in [-0.15, -0.1) is 0 Å². The zero-order chi connectivity index (χ0) is 18.6. The van der Waals surface area contributed by atoms with Crippen molar-refractivity contribution in [1.29, 1.82) is 0 Å². The van der Waals surface area contributed by atoms with Crippen LogP contribution in [0.4, 0.5) is 5.69 Å². The zero-order valence-electron chi connectivity index (χ0n) is 15.9. The Morgan fingerprint density at radius 2 is 1.74 bits per heavy atom. The van der Waals surface area contributed by atoms with E-state index < -0.39 is 0 Å². The molecule has 0 amide bonds. The molecule has 5 heteroatoms. The van der Waals surface area contributed by atoms with Gasteiger partial charge in [-0.1, -0.05) is 18.2 Å². The van der Waals surface area contributed by atoms with Gasteiger partial charge >= 0.3 is 0 Å². The van der Waals surface area contributed by atoms with E-state index in [9.17, 15) is 0 Å². The van der Waals surface area contributed by atoms with E-state index in [1.165, 1.54) is 11.3 Å². The normalized spacial score (nSPS) is 15.1. The van der Waals surface area contributed by atoms with Crippen LogP contribution in [-0.2, 0) is 6.54 Å². The quantitative estimate of drug-likeness (QED) is 0.686. The average Bonchev–Trinajstić information content (AvgIpc) is 3.18. The smallest absolute Gasteiger partial charge is 0.226 e. The summed E-state index contributed by atoms with van der Waals surface area (Å²) >= 11 is 0. The summed E-state index contributed by atoms with van der Waals surface area (Å²) in [6, 6.07) is 16.4. The average molecular weight is 363 g/mol. The first-order valence-electron chi connectivity index (χ1n) is 9.35. The maximum atomic E-state index is 5.68. The van der Waals surface area contributed by atoms with Gasteiger partial charge in [0.05, 0.1) is 12.8 Å². The molecule has 0 spiro atoms. The Balaban J connectivity index is 1.35. The highest BCUT2D eigenvalue weighted by Gasteiger charge is 2.19. The van der Waals surface area contributed by atoms with Crippen LogP contribution >= 0.6 is 0 Å². The van der Waals surface area contributed by atoms with Crippen molar-refractivity contribution >= 4 is 5.69 Å². The molecule has 1 aliphatic rings. The molecule has 2 heterocycles. The number of benzene rings is 2. The molecular formula is C22H25N3O2. The molecule has 140 valence electrons. The topological polar surface area (TPSA) is 41.7 Å². The molecule has 5 nitrogen and oxygen atoms in total. The lowest BCUT2D eigenvalue weighted by molar-refractivity contribution is 0.247. The van der Waals surface area contributed by atoms with Crippen molar-refractivity contribution in [2.75, 3.05) is 38.2 Å². The van der Waals surface area contributed by atoms with Gasteiger partial charge in [-0.2, -0.15) is 0 Å². The van der Waals surface area contributed by atoms with Crippen LogP contribution in [0.3, 0.4) is 0 Å². The van der Waals surface area contributed by atoms with Crippen LogP contribution in [0.5, 0.6) is 5.75 Å². The number of hydrogen-bond donors (Lipinski definition) is 0. The fourth-order valence-corrected chi connectivity index (χ4v) is 3.54. The predicted molar refractivity (Wildman–Crippen MR) is 107 cm³/mol. The van der Waals surface area contributed by atoms with Gasteiger partial charge in [-0.3, -0.25) is 4.90 Å². The Morgan fingerprint density at radius 3 is 2.44 bits per heavy atom. The molecule has 0 aliphatic carbocycles. The molecule has 2 aromatic carbocycles. The Labute approximate surface area is 160 Å². The summed E-state index contributed by atoms with van der Waals surface area (Å²) in [6.45, 7) is 7.12. The number of oxazole rings is 1. The monoisotopic (exact) mass is 363 g/mol. The zero-order valence-corrected chi connectivity index (χ0v) is 15.9. The lowest BCUT2D eigenvalue weighted by atomic mass is 10.1. The van der Waals surface area contributed by atoms with Gasteiger partial charge in [0.1, 0.15) is 12.0 Å². The first-order valence-corrected chi connectivity index (χ1v) is 9.35. The van der Waals surface area contributed by atoms with Crippen molar-refractivity contribution in [2.45, 2.75) is 13.5 Å². The number of rotatable bonds is 5. The second-order valence-electron chi connectivity index (χ2n) is 6.92. The number of hydrogen-bond acceptors (Lipinski definition) is 5. The molecule has 1 aliphatic heterocycles. The number of para-hydroxylation sites is 1. The minimum Gasteiger partial charge on any atom is -0.497 e. The molecule has 1 saturated heterocycles. The molecular weight excluding hydrogens is 338 g/mol. The lowest BCUT2D eigenvalue weighted by Gasteiger charge is -2.36.